The molecule has 0 atom stereocenters. The van der Waals surface area contributed by atoms with Gasteiger partial charge in [0.25, 0.3) is 15.9 Å². The Morgan fingerprint density at radius 1 is 0.949 bits per heavy atom. The lowest BCUT2D eigenvalue weighted by Crippen LogP contribution is -2.25. The number of nitrogens with zero attached hydrogens (tertiary/aromatic N) is 1. The van der Waals surface area contributed by atoms with Crippen molar-refractivity contribution in [1.82, 2.24) is 10.3 Å². The zero-order chi connectivity index (χ0) is 28.2. The van der Waals surface area contributed by atoms with Crippen molar-refractivity contribution in [3.8, 4) is 11.5 Å². The van der Waals surface area contributed by atoms with Crippen molar-refractivity contribution in [2.45, 2.75) is 17.6 Å². The number of carbonyl (C=O) groups excluding carboxylic acids is 1. The van der Waals surface area contributed by atoms with Gasteiger partial charge in [0.05, 0.1) is 21.2 Å². The Labute approximate surface area is 231 Å². The first-order valence-electron chi connectivity index (χ1n) is 11.1. The van der Waals surface area contributed by atoms with Crippen LogP contribution in [0.1, 0.15) is 21.6 Å². The average Bonchev–Trinajstić information content (AvgIpc) is 2.89. The maximum atomic E-state index is 13.0. The van der Waals surface area contributed by atoms with Crippen LogP contribution >= 0.6 is 23.2 Å². The predicted molar refractivity (Wildman–Crippen MR) is 141 cm³/mol. The summed E-state index contributed by atoms with van der Waals surface area (Å²) in [6, 6.07) is 18.3. The standard InChI is InChI=1S/C26H18Cl2F3N3O4S/c27-17-6-11-22(20(13-17)25(35)33-15-16-5-12-24(32-14-16)26(29,30)31)34-39(36,37)19-9-7-18(8-10-19)38-23-4-2-1-3-21(23)28/h1-14,34H,15H2,(H,33,35). The van der Waals surface area contributed by atoms with E-state index < -0.39 is 27.8 Å². The van der Waals surface area contributed by atoms with Crippen LogP contribution in [0.2, 0.25) is 10.0 Å². The monoisotopic (exact) mass is 595 g/mol. The molecule has 4 aromatic rings. The number of ether oxygens (including phenoxy) is 1. The number of aromatic nitrogens is 1. The van der Waals surface area contributed by atoms with Gasteiger partial charge in [0, 0.05) is 17.8 Å². The van der Waals surface area contributed by atoms with Gasteiger partial charge in [-0.2, -0.15) is 13.2 Å². The third kappa shape index (κ3) is 7.20. The zero-order valence-electron chi connectivity index (χ0n) is 19.7. The van der Waals surface area contributed by atoms with Crippen LogP contribution in [0, 0.1) is 0 Å². The first-order chi connectivity index (χ1) is 18.4. The number of hydrogen-bond acceptors (Lipinski definition) is 5. The maximum absolute atomic E-state index is 13.0. The minimum absolute atomic E-state index is 0.0566. The minimum Gasteiger partial charge on any atom is -0.456 e. The van der Waals surface area contributed by atoms with E-state index >= 15 is 0 Å². The molecule has 0 unspecified atom stereocenters. The molecule has 1 heterocycles. The molecule has 2 N–H and O–H groups in total. The number of rotatable bonds is 8. The second kappa shape index (κ2) is 11.5. The smallest absolute Gasteiger partial charge is 0.433 e. The highest BCUT2D eigenvalue weighted by Gasteiger charge is 2.32. The Balaban J connectivity index is 1.48. The fourth-order valence-corrected chi connectivity index (χ4v) is 4.74. The Bertz CT molecular complexity index is 1600. The molecule has 0 aliphatic heterocycles. The molecule has 0 spiro atoms. The molecule has 39 heavy (non-hydrogen) atoms. The number of alkyl halides is 3. The summed E-state index contributed by atoms with van der Waals surface area (Å²) >= 11 is 12.1. The summed E-state index contributed by atoms with van der Waals surface area (Å²) < 4.78 is 72.2. The number of nitrogens with one attached hydrogen (secondary N) is 2. The van der Waals surface area contributed by atoms with Gasteiger partial charge in [0.2, 0.25) is 0 Å². The van der Waals surface area contributed by atoms with E-state index in [9.17, 15) is 26.4 Å². The molecule has 3 aromatic carbocycles. The van der Waals surface area contributed by atoms with Gasteiger partial charge in [0.1, 0.15) is 17.2 Å². The van der Waals surface area contributed by atoms with Crippen molar-refractivity contribution >= 4 is 44.8 Å². The highest BCUT2D eigenvalue weighted by Crippen LogP contribution is 2.30. The Morgan fingerprint density at radius 2 is 1.67 bits per heavy atom. The fraction of sp³-hybridized carbons (Fsp3) is 0.0769. The Morgan fingerprint density at radius 3 is 2.31 bits per heavy atom. The summed E-state index contributed by atoms with van der Waals surface area (Å²) in [4.78, 5) is 16.1. The van der Waals surface area contributed by atoms with Crippen LogP contribution in [-0.2, 0) is 22.7 Å². The summed E-state index contributed by atoms with van der Waals surface area (Å²) in [6.07, 6.45) is -3.60. The summed E-state index contributed by atoms with van der Waals surface area (Å²) in [6.45, 7) is -0.157. The number of benzene rings is 3. The number of halogens is 5. The molecule has 7 nitrogen and oxygen atoms in total. The van der Waals surface area contributed by atoms with Crippen molar-refractivity contribution in [3.63, 3.8) is 0 Å². The van der Waals surface area contributed by atoms with Crippen LogP contribution in [0.4, 0.5) is 18.9 Å². The number of anilines is 1. The molecule has 0 saturated heterocycles. The van der Waals surface area contributed by atoms with Gasteiger partial charge in [-0.15, -0.1) is 0 Å². The SMILES string of the molecule is O=C(NCc1ccc(C(F)(F)F)nc1)c1cc(Cl)ccc1NS(=O)(=O)c1ccc(Oc2ccccc2Cl)cc1. The number of para-hydroxylation sites is 1. The van der Waals surface area contributed by atoms with Gasteiger partial charge in [-0.05, 0) is 66.2 Å². The Kier molecular flexibility index (Phi) is 8.34. The van der Waals surface area contributed by atoms with Crippen LogP contribution in [0.25, 0.3) is 0 Å². The van der Waals surface area contributed by atoms with E-state index in [1.165, 1.54) is 48.5 Å². The van der Waals surface area contributed by atoms with Gasteiger partial charge in [-0.3, -0.25) is 14.5 Å². The van der Waals surface area contributed by atoms with Crippen molar-refractivity contribution < 1.29 is 31.1 Å². The number of pyridine rings is 1. The van der Waals surface area contributed by atoms with Crippen LogP contribution < -0.4 is 14.8 Å². The van der Waals surface area contributed by atoms with Crippen LogP contribution in [0.15, 0.2) is 90.0 Å². The molecule has 0 aliphatic rings. The fourth-order valence-electron chi connectivity index (χ4n) is 3.31. The molecule has 1 amide bonds. The molecule has 1 aromatic heterocycles. The summed E-state index contributed by atoms with van der Waals surface area (Å²) in [7, 11) is -4.14. The molecular formula is C26H18Cl2F3N3O4S. The van der Waals surface area contributed by atoms with Crippen LogP contribution in [-0.4, -0.2) is 19.3 Å². The molecule has 0 radical (unpaired) electrons. The molecule has 0 aliphatic carbocycles. The largest absolute Gasteiger partial charge is 0.456 e. The summed E-state index contributed by atoms with van der Waals surface area (Å²) in [5.41, 5.74) is -0.907. The highest BCUT2D eigenvalue weighted by atomic mass is 35.5. The van der Waals surface area contributed by atoms with Crippen molar-refractivity contribution in [1.29, 1.82) is 0 Å². The number of sulfonamides is 1. The molecule has 202 valence electrons. The van der Waals surface area contributed by atoms with Crippen molar-refractivity contribution in [2.24, 2.45) is 0 Å². The molecular weight excluding hydrogens is 578 g/mol. The minimum atomic E-state index is -4.59. The number of amides is 1. The third-order valence-electron chi connectivity index (χ3n) is 5.24. The van der Waals surface area contributed by atoms with Crippen LogP contribution in [0.5, 0.6) is 11.5 Å². The average molecular weight is 596 g/mol. The molecule has 13 heteroatoms. The van der Waals surface area contributed by atoms with Gasteiger partial charge >= 0.3 is 6.18 Å². The second-order valence-corrected chi connectivity index (χ2v) is 10.6. The Hall–Kier alpha value is -3.80. The molecule has 0 bridgehead atoms. The van der Waals surface area contributed by atoms with E-state index in [0.29, 0.717) is 22.1 Å². The van der Waals surface area contributed by atoms with Crippen LogP contribution in [0.3, 0.4) is 0 Å². The first kappa shape index (κ1) is 28.2. The summed E-state index contributed by atoms with van der Waals surface area (Å²) in [5.74, 6) is 0.0433. The summed E-state index contributed by atoms with van der Waals surface area (Å²) in [5, 5.41) is 3.08. The van der Waals surface area contributed by atoms with Gasteiger partial charge < -0.3 is 10.1 Å². The van der Waals surface area contributed by atoms with Gasteiger partial charge in [0.15, 0.2) is 0 Å². The number of hydrogen-bond donors (Lipinski definition) is 2. The topological polar surface area (TPSA) is 97.4 Å². The van der Waals surface area contributed by atoms with E-state index in [4.69, 9.17) is 27.9 Å². The normalized spacial score (nSPS) is 11.6. The lowest BCUT2D eigenvalue weighted by atomic mass is 10.1. The molecule has 4 rings (SSSR count). The highest BCUT2D eigenvalue weighted by molar-refractivity contribution is 7.92. The maximum Gasteiger partial charge on any atom is 0.433 e. The molecule has 0 fully saturated rings. The first-order valence-corrected chi connectivity index (χ1v) is 13.3. The van der Waals surface area contributed by atoms with E-state index in [1.807, 2.05) is 0 Å². The predicted octanol–water partition coefficient (Wildman–Crippen LogP) is 6.93. The van der Waals surface area contributed by atoms with E-state index in [2.05, 4.69) is 15.0 Å². The second-order valence-electron chi connectivity index (χ2n) is 8.03. The van der Waals surface area contributed by atoms with Crippen molar-refractivity contribution in [3.05, 3.63) is 112 Å². The zero-order valence-corrected chi connectivity index (χ0v) is 22.0. The lowest BCUT2D eigenvalue weighted by molar-refractivity contribution is -0.141. The van der Waals surface area contributed by atoms with Gasteiger partial charge in [-0.1, -0.05) is 41.4 Å². The lowest BCUT2D eigenvalue weighted by Gasteiger charge is -2.14. The quantitative estimate of drug-likeness (QED) is 0.230. The van der Waals surface area contributed by atoms with Crippen molar-refractivity contribution in [2.75, 3.05) is 4.72 Å². The van der Waals surface area contributed by atoms with E-state index in [0.717, 1.165) is 12.3 Å². The van der Waals surface area contributed by atoms with E-state index in [-0.39, 0.29) is 27.7 Å². The van der Waals surface area contributed by atoms with E-state index in [1.54, 1.807) is 24.3 Å². The van der Waals surface area contributed by atoms with Gasteiger partial charge in [-0.25, -0.2) is 8.42 Å². The number of carbonyl (C=O) groups is 1. The third-order valence-corrected chi connectivity index (χ3v) is 7.17. The molecule has 0 saturated carbocycles.